The van der Waals surface area contributed by atoms with Crippen molar-refractivity contribution in [1.29, 1.82) is 0 Å². The van der Waals surface area contributed by atoms with Crippen molar-refractivity contribution in [2.24, 2.45) is 4.99 Å². The van der Waals surface area contributed by atoms with Gasteiger partial charge in [0.2, 0.25) is 18.6 Å². The van der Waals surface area contributed by atoms with Crippen molar-refractivity contribution in [1.82, 2.24) is 4.90 Å². The van der Waals surface area contributed by atoms with E-state index in [4.69, 9.17) is 9.47 Å². The summed E-state index contributed by atoms with van der Waals surface area (Å²) in [5, 5.41) is 2.68. The van der Waals surface area contributed by atoms with Crippen LogP contribution >= 0.6 is 11.8 Å². The van der Waals surface area contributed by atoms with E-state index in [2.05, 4.69) is 10.3 Å². The molecule has 1 saturated heterocycles. The number of halogens is 1. The van der Waals surface area contributed by atoms with Gasteiger partial charge in [-0.15, -0.1) is 0 Å². The first-order chi connectivity index (χ1) is 16.9. The molecule has 0 aliphatic carbocycles. The number of benzene rings is 3. The maximum absolute atomic E-state index is 13.4. The number of hydrogen-bond donors (Lipinski definition) is 1. The van der Waals surface area contributed by atoms with Crippen LogP contribution in [-0.4, -0.2) is 33.9 Å². The maximum atomic E-state index is 13.4. The lowest BCUT2D eigenvalue weighted by Crippen LogP contribution is -2.33. The molecule has 0 radical (unpaired) electrons. The number of nitrogens with one attached hydrogen (secondary N) is 1. The SMILES string of the molecule is Cc1cccc(NC(=O)CC2SC(=Nc3ccc(F)cc3)N(Cc3ccc4c(c3)OCO4)C2=O)c1. The summed E-state index contributed by atoms with van der Waals surface area (Å²) >= 11 is 1.23. The van der Waals surface area contributed by atoms with Crippen LogP contribution in [0.5, 0.6) is 11.5 Å². The lowest BCUT2D eigenvalue weighted by molar-refractivity contribution is -0.128. The molecule has 1 unspecified atom stereocenters. The summed E-state index contributed by atoms with van der Waals surface area (Å²) in [6.07, 6.45) is -0.00246. The van der Waals surface area contributed by atoms with E-state index in [9.17, 15) is 14.0 Å². The Hall–Kier alpha value is -3.85. The van der Waals surface area contributed by atoms with E-state index in [0.29, 0.717) is 28.0 Å². The fraction of sp³-hybridized carbons (Fsp3) is 0.192. The predicted octanol–water partition coefficient (Wildman–Crippen LogP) is 5.02. The Morgan fingerprint density at radius 1 is 1.11 bits per heavy atom. The molecule has 35 heavy (non-hydrogen) atoms. The lowest BCUT2D eigenvalue weighted by atomic mass is 10.1. The van der Waals surface area contributed by atoms with E-state index in [1.165, 1.54) is 23.9 Å². The molecule has 7 nitrogen and oxygen atoms in total. The second kappa shape index (κ2) is 9.79. The third-order valence-electron chi connectivity index (χ3n) is 5.52. The first kappa shape index (κ1) is 22.9. The Kier molecular flexibility index (Phi) is 6.41. The Labute approximate surface area is 205 Å². The number of fused-ring (bicyclic) bond motifs is 1. The van der Waals surface area contributed by atoms with E-state index in [1.807, 2.05) is 43.3 Å². The number of aliphatic imine (C=N–C) groups is 1. The van der Waals surface area contributed by atoms with Crippen LogP contribution in [0.4, 0.5) is 15.8 Å². The van der Waals surface area contributed by atoms with Gasteiger partial charge in [-0.05, 0) is 66.6 Å². The molecule has 3 aromatic rings. The lowest BCUT2D eigenvalue weighted by Gasteiger charge is -2.17. The van der Waals surface area contributed by atoms with Crippen molar-refractivity contribution in [2.75, 3.05) is 12.1 Å². The van der Waals surface area contributed by atoms with E-state index in [1.54, 1.807) is 23.1 Å². The predicted molar refractivity (Wildman–Crippen MR) is 132 cm³/mol. The number of rotatable bonds is 6. The molecule has 2 amide bonds. The molecule has 0 saturated carbocycles. The van der Waals surface area contributed by atoms with Gasteiger partial charge in [0.15, 0.2) is 16.7 Å². The van der Waals surface area contributed by atoms with E-state index in [-0.39, 0.29) is 37.4 Å². The first-order valence-electron chi connectivity index (χ1n) is 11.0. The largest absolute Gasteiger partial charge is 0.454 e. The molecule has 2 aliphatic rings. The zero-order valence-electron chi connectivity index (χ0n) is 18.9. The molecule has 0 spiro atoms. The van der Waals surface area contributed by atoms with Gasteiger partial charge in [0, 0.05) is 12.1 Å². The zero-order valence-corrected chi connectivity index (χ0v) is 19.7. The summed E-state index contributed by atoms with van der Waals surface area (Å²) in [5.74, 6) is 0.433. The van der Waals surface area contributed by atoms with Crippen LogP contribution in [0.1, 0.15) is 17.5 Å². The summed E-state index contributed by atoms with van der Waals surface area (Å²) in [7, 11) is 0. The summed E-state index contributed by atoms with van der Waals surface area (Å²) in [6.45, 7) is 2.35. The van der Waals surface area contributed by atoms with Crippen LogP contribution in [0.25, 0.3) is 0 Å². The van der Waals surface area contributed by atoms with Crippen LogP contribution in [0.2, 0.25) is 0 Å². The highest BCUT2D eigenvalue weighted by atomic mass is 32.2. The minimum atomic E-state index is -0.631. The molecule has 5 rings (SSSR count). The highest BCUT2D eigenvalue weighted by Gasteiger charge is 2.39. The summed E-state index contributed by atoms with van der Waals surface area (Å²) < 4.78 is 24.2. The van der Waals surface area contributed by atoms with Crippen molar-refractivity contribution in [3.63, 3.8) is 0 Å². The average molecular weight is 492 g/mol. The number of carbonyl (C=O) groups excluding carboxylic acids is 2. The van der Waals surface area contributed by atoms with Crippen LogP contribution in [-0.2, 0) is 16.1 Å². The van der Waals surface area contributed by atoms with Crippen LogP contribution in [0, 0.1) is 12.7 Å². The number of ether oxygens (including phenoxy) is 2. The normalized spacial score (nSPS) is 17.8. The number of nitrogens with zero attached hydrogens (tertiary/aromatic N) is 2. The number of aryl methyl sites for hydroxylation is 1. The minimum Gasteiger partial charge on any atom is -0.454 e. The van der Waals surface area contributed by atoms with Gasteiger partial charge in [-0.3, -0.25) is 14.5 Å². The van der Waals surface area contributed by atoms with Crippen molar-refractivity contribution >= 4 is 40.1 Å². The number of thioether (sulfide) groups is 1. The molecule has 2 heterocycles. The fourth-order valence-electron chi connectivity index (χ4n) is 3.82. The molecular formula is C26H22FN3O4S. The van der Waals surface area contributed by atoms with Crippen molar-refractivity contribution < 1.29 is 23.5 Å². The van der Waals surface area contributed by atoms with E-state index >= 15 is 0 Å². The van der Waals surface area contributed by atoms with Gasteiger partial charge in [-0.2, -0.15) is 0 Å². The van der Waals surface area contributed by atoms with Gasteiger partial charge < -0.3 is 14.8 Å². The number of amidine groups is 1. The highest BCUT2D eigenvalue weighted by Crippen LogP contribution is 2.36. The topological polar surface area (TPSA) is 80.2 Å². The number of amides is 2. The Morgan fingerprint density at radius 2 is 1.91 bits per heavy atom. The second-order valence-electron chi connectivity index (χ2n) is 8.21. The molecule has 0 aromatic heterocycles. The molecule has 3 aromatic carbocycles. The average Bonchev–Trinajstić information content (AvgIpc) is 3.40. The minimum absolute atomic E-state index is 0.00246. The zero-order chi connectivity index (χ0) is 24.4. The van der Waals surface area contributed by atoms with Gasteiger partial charge in [-0.1, -0.05) is 30.0 Å². The summed E-state index contributed by atoms with van der Waals surface area (Å²) in [4.78, 5) is 32.2. The third kappa shape index (κ3) is 5.30. The Bertz CT molecular complexity index is 1310. The molecule has 1 N–H and O–H groups in total. The van der Waals surface area contributed by atoms with Crippen molar-refractivity contribution in [3.8, 4) is 11.5 Å². The molecule has 1 fully saturated rings. The van der Waals surface area contributed by atoms with Crippen molar-refractivity contribution in [3.05, 3.63) is 83.7 Å². The van der Waals surface area contributed by atoms with Gasteiger partial charge in [-0.25, -0.2) is 9.38 Å². The van der Waals surface area contributed by atoms with Crippen LogP contribution in [0.3, 0.4) is 0 Å². The molecular weight excluding hydrogens is 469 g/mol. The van der Waals surface area contributed by atoms with Crippen molar-refractivity contribution in [2.45, 2.75) is 25.1 Å². The highest BCUT2D eigenvalue weighted by molar-refractivity contribution is 8.15. The second-order valence-corrected chi connectivity index (χ2v) is 9.38. The molecule has 0 bridgehead atoms. The standard InChI is InChI=1S/C26H22FN3O4S/c1-16-3-2-4-20(11-16)28-24(31)13-23-25(32)30(14-17-5-10-21-22(12-17)34-15-33-21)26(35-23)29-19-8-6-18(27)7-9-19/h2-12,23H,13-15H2,1H3,(H,28,31). The quantitative estimate of drug-likeness (QED) is 0.524. The first-order valence-corrected chi connectivity index (χ1v) is 11.9. The Morgan fingerprint density at radius 3 is 2.71 bits per heavy atom. The van der Waals surface area contributed by atoms with E-state index in [0.717, 1.165) is 11.1 Å². The van der Waals surface area contributed by atoms with Gasteiger partial charge in [0.25, 0.3) is 0 Å². The van der Waals surface area contributed by atoms with Gasteiger partial charge in [0.05, 0.1) is 12.2 Å². The van der Waals surface area contributed by atoms with Crippen LogP contribution < -0.4 is 14.8 Å². The Balaban J connectivity index is 1.37. The monoisotopic (exact) mass is 491 g/mol. The smallest absolute Gasteiger partial charge is 0.242 e. The fourth-order valence-corrected chi connectivity index (χ4v) is 4.98. The number of anilines is 1. The number of hydrogen-bond acceptors (Lipinski definition) is 6. The molecule has 1 atom stereocenters. The van der Waals surface area contributed by atoms with Gasteiger partial charge in [0.1, 0.15) is 11.1 Å². The van der Waals surface area contributed by atoms with Gasteiger partial charge >= 0.3 is 0 Å². The van der Waals surface area contributed by atoms with E-state index < -0.39 is 5.25 Å². The summed E-state index contributed by atoms with van der Waals surface area (Å²) in [5.41, 5.74) is 3.06. The van der Waals surface area contributed by atoms with Crippen LogP contribution in [0.15, 0.2) is 71.7 Å². The molecule has 178 valence electrons. The molecule has 2 aliphatic heterocycles. The number of carbonyl (C=O) groups is 2. The maximum Gasteiger partial charge on any atom is 0.242 e. The molecule has 9 heteroatoms. The third-order valence-corrected chi connectivity index (χ3v) is 6.70. The summed E-state index contributed by atoms with van der Waals surface area (Å²) in [6, 6.07) is 18.7.